The van der Waals surface area contributed by atoms with E-state index in [-0.39, 0.29) is 12.3 Å². The number of amides is 1. The van der Waals surface area contributed by atoms with Gasteiger partial charge in [0.15, 0.2) is 0 Å². The van der Waals surface area contributed by atoms with Crippen molar-refractivity contribution in [2.24, 2.45) is 0 Å². The zero-order valence-corrected chi connectivity index (χ0v) is 28.9. The highest BCUT2D eigenvalue weighted by molar-refractivity contribution is 7.85. The van der Waals surface area contributed by atoms with Crippen LogP contribution in [-0.4, -0.2) is 41.9 Å². The molecule has 0 aliphatic carbocycles. The van der Waals surface area contributed by atoms with E-state index in [2.05, 4.69) is 31.3 Å². The number of nitrogens with one attached hydrogen (secondary N) is 1. The van der Waals surface area contributed by atoms with Crippen molar-refractivity contribution >= 4 is 16.0 Å². The quantitative estimate of drug-likeness (QED) is 0.0391. The summed E-state index contributed by atoms with van der Waals surface area (Å²) in [4.78, 5) is 12.4. The van der Waals surface area contributed by atoms with Crippen molar-refractivity contribution in [1.82, 2.24) is 5.32 Å². The first-order chi connectivity index (χ1) is 20.8. The van der Waals surface area contributed by atoms with Crippen molar-refractivity contribution in [3.8, 4) is 0 Å². The average molecular weight is 628 g/mol. The third-order valence-electron chi connectivity index (χ3n) is 8.12. The van der Waals surface area contributed by atoms with Crippen molar-refractivity contribution in [3.63, 3.8) is 0 Å². The summed E-state index contributed by atoms with van der Waals surface area (Å²) < 4.78 is 32.3. The molecule has 254 valence electrons. The van der Waals surface area contributed by atoms with Crippen LogP contribution in [-0.2, 0) is 14.9 Å². The Morgan fingerprint density at radius 3 is 1.40 bits per heavy atom. The average Bonchev–Trinajstić information content (AvgIpc) is 2.96. The Morgan fingerprint density at radius 2 is 0.977 bits per heavy atom. The third kappa shape index (κ3) is 32.0. The summed E-state index contributed by atoms with van der Waals surface area (Å²) in [6, 6.07) is -1.06. The second-order valence-electron chi connectivity index (χ2n) is 12.5. The lowest BCUT2D eigenvalue weighted by Gasteiger charge is -2.21. The van der Waals surface area contributed by atoms with Crippen molar-refractivity contribution in [3.05, 3.63) is 24.3 Å². The van der Waals surface area contributed by atoms with E-state index in [4.69, 9.17) is 0 Å². The molecule has 0 fully saturated rings. The molecule has 0 aromatic rings. The van der Waals surface area contributed by atoms with E-state index in [1.807, 2.05) is 6.08 Å². The molecule has 1 amide bonds. The smallest absolute Gasteiger partial charge is 0.267 e. The summed E-state index contributed by atoms with van der Waals surface area (Å²) in [6.45, 7) is 4.49. The number of unbranched alkanes of at least 4 members (excludes halogenated alkanes) is 22. The number of aliphatic hydroxyl groups excluding tert-OH is 1. The molecule has 2 atom stereocenters. The summed E-state index contributed by atoms with van der Waals surface area (Å²) in [5.74, 6) is -0.987. The summed E-state index contributed by atoms with van der Waals surface area (Å²) in [7, 11) is -4.34. The van der Waals surface area contributed by atoms with Crippen molar-refractivity contribution in [2.75, 3.05) is 5.75 Å². The molecule has 6 nitrogen and oxygen atoms in total. The molecule has 0 heterocycles. The Hall–Kier alpha value is -1.18. The van der Waals surface area contributed by atoms with Crippen molar-refractivity contribution < 1.29 is 22.9 Å². The zero-order valence-electron chi connectivity index (χ0n) is 28.1. The fourth-order valence-electron chi connectivity index (χ4n) is 5.38. The van der Waals surface area contributed by atoms with Crippen LogP contribution in [0.3, 0.4) is 0 Å². The number of allylic oxidation sites excluding steroid dienone is 3. The van der Waals surface area contributed by atoms with Crippen LogP contribution in [0.15, 0.2) is 24.3 Å². The first-order valence-corrected chi connectivity index (χ1v) is 19.6. The lowest BCUT2D eigenvalue weighted by Crippen LogP contribution is -2.46. The molecule has 0 bridgehead atoms. The minimum Gasteiger partial charge on any atom is -0.387 e. The second kappa shape index (κ2) is 30.8. The summed E-state index contributed by atoms with van der Waals surface area (Å²) in [5, 5.41) is 13.2. The molecule has 0 aromatic carbocycles. The topological polar surface area (TPSA) is 104 Å². The summed E-state index contributed by atoms with van der Waals surface area (Å²) in [6.07, 6.45) is 37.2. The molecule has 0 spiro atoms. The largest absolute Gasteiger partial charge is 0.387 e. The zero-order chi connectivity index (χ0) is 31.9. The van der Waals surface area contributed by atoms with Crippen molar-refractivity contribution in [1.29, 1.82) is 0 Å². The van der Waals surface area contributed by atoms with Gasteiger partial charge in [-0.2, -0.15) is 8.42 Å². The molecule has 0 aliphatic heterocycles. The maximum Gasteiger partial charge on any atom is 0.267 e. The van der Waals surface area contributed by atoms with E-state index >= 15 is 0 Å². The van der Waals surface area contributed by atoms with Gasteiger partial charge in [-0.15, -0.1) is 0 Å². The first kappa shape index (κ1) is 41.8. The fraction of sp³-hybridized carbons (Fsp3) is 0.861. The number of carbonyl (C=O) groups excluding carboxylic acids is 1. The number of rotatable bonds is 32. The van der Waals surface area contributed by atoms with E-state index in [0.717, 1.165) is 57.8 Å². The molecule has 7 heteroatoms. The molecule has 43 heavy (non-hydrogen) atoms. The molecule has 0 radical (unpaired) electrons. The van der Waals surface area contributed by atoms with Gasteiger partial charge in [-0.3, -0.25) is 9.35 Å². The van der Waals surface area contributed by atoms with Gasteiger partial charge in [0.05, 0.1) is 17.9 Å². The molecular weight excluding hydrogens is 558 g/mol. The van der Waals surface area contributed by atoms with Crippen molar-refractivity contribution in [2.45, 2.75) is 193 Å². The minimum absolute atomic E-state index is 0.287. The van der Waals surface area contributed by atoms with Gasteiger partial charge in [-0.1, -0.05) is 154 Å². The number of hydrogen-bond acceptors (Lipinski definition) is 4. The summed E-state index contributed by atoms with van der Waals surface area (Å²) >= 11 is 0. The number of hydrogen-bond donors (Lipinski definition) is 3. The van der Waals surface area contributed by atoms with E-state index < -0.39 is 28.0 Å². The Balaban J connectivity index is 4.01. The van der Waals surface area contributed by atoms with E-state index in [9.17, 15) is 22.9 Å². The van der Waals surface area contributed by atoms with Crippen LogP contribution in [0.4, 0.5) is 0 Å². The monoisotopic (exact) mass is 627 g/mol. The van der Waals surface area contributed by atoms with Crippen LogP contribution in [0, 0.1) is 0 Å². The second-order valence-corrected chi connectivity index (χ2v) is 14.0. The van der Waals surface area contributed by atoms with E-state index in [1.54, 1.807) is 6.08 Å². The van der Waals surface area contributed by atoms with Crippen LogP contribution in [0.2, 0.25) is 0 Å². The Morgan fingerprint density at radius 1 is 0.605 bits per heavy atom. The molecule has 2 unspecified atom stereocenters. The standard InChI is InChI=1S/C36H69NO5S/c1-3-5-7-9-11-13-15-17-18-20-22-24-26-28-30-32-36(39)37-34(33-43(40,41)42)35(38)31-29-27-25-23-21-19-16-14-12-10-8-6-4-2/h17-18,29,31,34-35,38H,3-16,19-28,30,32-33H2,1-2H3,(H,37,39)(H,40,41,42)/b18-17-,31-29+. The minimum atomic E-state index is -4.34. The van der Waals surface area contributed by atoms with Gasteiger partial charge in [-0.05, 0) is 44.9 Å². The van der Waals surface area contributed by atoms with Gasteiger partial charge >= 0.3 is 0 Å². The maximum atomic E-state index is 12.4. The molecule has 0 saturated carbocycles. The highest BCUT2D eigenvalue weighted by atomic mass is 32.2. The lowest BCUT2D eigenvalue weighted by molar-refractivity contribution is -0.122. The molecule has 3 N–H and O–H groups in total. The highest BCUT2D eigenvalue weighted by Gasteiger charge is 2.24. The fourth-order valence-corrected chi connectivity index (χ4v) is 6.12. The van der Waals surface area contributed by atoms with Gasteiger partial charge in [0.25, 0.3) is 10.1 Å². The maximum absolute atomic E-state index is 12.4. The number of aliphatic hydroxyl groups is 1. The van der Waals surface area contributed by atoms with Gasteiger partial charge in [-0.25, -0.2) is 0 Å². The predicted molar refractivity (Wildman–Crippen MR) is 184 cm³/mol. The normalized spacial score (nSPS) is 13.7. The Bertz CT molecular complexity index is 781. The first-order valence-electron chi connectivity index (χ1n) is 18.0. The molecule has 0 saturated heterocycles. The van der Waals surface area contributed by atoms with E-state index in [1.165, 1.54) is 103 Å². The molecule has 0 rings (SSSR count). The Kier molecular flexibility index (Phi) is 30.0. The SMILES string of the molecule is CCCCCCCC/C=C\CCCCCCCC(=O)NC(CS(=O)(=O)O)C(O)/C=C/CCCCCCCCCCCCC. The van der Waals surface area contributed by atoms with Gasteiger partial charge in [0.1, 0.15) is 0 Å². The predicted octanol–water partition coefficient (Wildman–Crippen LogP) is 10.0. The van der Waals surface area contributed by atoms with Gasteiger partial charge < -0.3 is 10.4 Å². The lowest BCUT2D eigenvalue weighted by atomic mass is 10.0. The van der Waals surface area contributed by atoms with Gasteiger partial charge in [0.2, 0.25) is 5.91 Å². The molecule has 0 aromatic heterocycles. The van der Waals surface area contributed by atoms with Crippen LogP contribution < -0.4 is 5.32 Å². The Labute approximate surface area is 266 Å². The van der Waals surface area contributed by atoms with Crippen LogP contribution in [0.25, 0.3) is 0 Å². The summed E-state index contributed by atoms with van der Waals surface area (Å²) in [5.41, 5.74) is 0. The third-order valence-corrected chi connectivity index (χ3v) is 8.90. The highest BCUT2D eigenvalue weighted by Crippen LogP contribution is 2.13. The van der Waals surface area contributed by atoms with E-state index in [0.29, 0.717) is 0 Å². The molecular formula is C36H69NO5S. The van der Waals surface area contributed by atoms with Gasteiger partial charge in [0, 0.05) is 6.42 Å². The van der Waals surface area contributed by atoms with Crippen LogP contribution in [0.1, 0.15) is 181 Å². The van der Waals surface area contributed by atoms with Crippen LogP contribution >= 0.6 is 0 Å². The number of carbonyl (C=O) groups is 1. The molecule has 0 aliphatic rings. The van der Waals surface area contributed by atoms with Crippen LogP contribution in [0.5, 0.6) is 0 Å².